The molecule has 0 N–H and O–H groups in total. The lowest BCUT2D eigenvalue weighted by molar-refractivity contribution is 0.548. The van der Waals surface area contributed by atoms with Crippen molar-refractivity contribution in [2.24, 2.45) is 0 Å². The van der Waals surface area contributed by atoms with E-state index in [1.165, 1.54) is 33.6 Å². The van der Waals surface area contributed by atoms with Crippen molar-refractivity contribution in [3.05, 3.63) is 125 Å². The van der Waals surface area contributed by atoms with E-state index in [0.29, 0.717) is 11.7 Å². The summed E-state index contributed by atoms with van der Waals surface area (Å²) < 4.78 is 0. The number of nitrogens with zero attached hydrogens (tertiary/aromatic N) is 3. The molecule has 2 aromatic carbocycles. The van der Waals surface area contributed by atoms with Crippen molar-refractivity contribution >= 4 is 11.4 Å². The highest BCUT2D eigenvalue weighted by atomic mass is 15.2. The molecule has 3 heteroatoms. The molecule has 3 nitrogen and oxygen atoms in total. The predicted octanol–water partition coefficient (Wildman–Crippen LogP) is 7.88. The zero-order valence-electron chi connectivity index (χ0n) is 21.0. The third-order valence-corrected chi connectivity index (χ3v) is 8.12. The maximum Gasteiger partial charge on any atom is 0.140 e. The Morgan fingerprint density at radius 2 is 1.64 bits per heavy atom. The summed E-state index contributed by atoms with van der Waals surface area (Å²) in [5, 5.41) is 9.20. The topological polar surface area (TPSA) is 39.9 Å². The van der Waals surface area contributed by atoms with Gasteiger partial charge in [0.2, 0.25) is 0 Å². The normalized spacial score (nSPS) is 22.1. The van der Waals surface area contributed by atoms with Crippen LogP contribution in [-0.2, 0) is 5.41 Å². The van der Waals surface area contributed by atoms with Crippen molar-refractivity contribution in [2.45, 2.75) is 56.9 Å². The second-order valence-corrected chi connectivity index (χ2v) is 10.6. The molecule has 3 aromatic rings. The van der Waals surface area contributed by atoms with Crippen LogP contribution < -0.4 is 4.90 Å². The molecule has 2 unspecified atom stereocenters. The largest absolute Gasteiger partial charge is 0.338 e. The first-order valence-electron chi connectivity index (χ1n) is 13.0. The minimum Gasteiger partial charge on any atom is -0.338 e. The molecule has 0 bridgehead atoms. The number of benzene rings is 2. The number of hydrogen-bond acceptors (Lipinski definition) is 3. The Morgan fingerprint density at radius 3 is 2.31 bits per heavy atom. The van der Waals surface area contributed by atoms with Crippen molar-refractivity contribution in [1.82, 2.24) is 4.98 Å². The van der Waals surface area contributed by atoms with Gasteiger partial charge in [0.1, 0.15) is 11.8 Å². The fourth-order valence-corrected chi connectivity index (χ4v) is 6.24. The van der Waals surface area contributed by atoms with E-state index in [0.717, 1.165) is 31.4 Å². The molecule has 0 amide bonds. The molecule has 0 fully saturated rings. The van der Waals surface area contributed by atoms with E-state index in [1.807, 2.05) is 12.1 Å². The van der Waals surface area contributed by atoms with Crippen LogP contribution in [0.4, 0.5) is 11.4 Å². The standard InChI is InChI=1S/C33H31N3/c1-33(2)28-12-3-5-15-31(28)36(32-16-6-4-13-29(32)33)27-11-7-9-25(21-27)23-17-19-24(20-18-23)30-14-8-10-26(22-34)35-30/h3-6,8-10,12-19,24,27H,7,11,20-21H2,1-2H3. The molecule has 0 saturated heterocycles. The fraction of sp³-hybridized carbons (Fsp3) is 0.273. The van der Waals surface area contributed by atoms with E-state index < -0.39 is 0 Å². The molecule has 2 heterocycles. The molecule has 0 saturated carbocycles. The number of para-hydroxylation sites is 2. The lowest BCUT2D eigenvalue weighted by Crippen LogP contribution is -2.40. The van der Waals surface area contributed by atoms with Gasteiger partial charge in [0.05, 0.1) is 0 Å². The van der Waals surface area contributed by atoms with E-state index in [9.17, 15) is 5.26 Å². The van der Waals surface area contributed by atoms with Crippen molar-refractivity contribution in [2.75, 3.05) is 4.90 Å². The van der Waals surface area contributed by atoms with Gasteiger partial charge in [0.25, 0.3) is 0 Å². The zero-order chi connectivity index (χ0) is 24.7. The number of allylic oxidation sites excluding steroid dienone is 5. The predicted molar refractivity (Wildman–Crippen MR) is 146 cm³/mol. The van der Waals surface area contributed by atoms with Crippen LogP contribution in [0.3, 0.4) is 0 Å². The maximum absolute atomic E-state index is 9.20. The smallest absolute Gasteiger partial charge is 0.140 e. The summed E-state index contributed by atoms with van der Waals surface area (Å²) in [6, 6.07) is 26.2. The minimum absolute atomic E-state index is 0.0163. The minimum atomic E-state index is -0.0163. The van der Waals surface area contributed by atoms with E-state index in [-0.39, 0.29) is 11.3 Å². The average Bonchev–Trinajstić information content (AvgIpc) is 2.94. The Morgan fingerprint density at radius 1 is 0.917 bits per heavy atom. The molecule has 36 heavy (non-hydrogen) atoms. The van der Waals surface area contributed by atoms with Crippen molar-refractivity contribution < 1.29 is 0 Å². The van der Waals surface area contributed by atoms with E-state index in [1.54, 1.807) is 6.07 Å². The van der Waals surface area contributed by atoms with Crippen LogP contribution in [0.1, 0.15) is 68.0 Å². The number of nitriles is 1. The molecular formula is C33H31N3. The summed E-state index contributed by atoms with van der Waals surface area (Å²) in [5.41, 5.74) is 9.74. The fourth-order valence-electron chi connectivity index (χ4n) is 6.24. The molecule has 2 atom stereocenters. The number of hydrogen-bond donors (Lipinski definition) is 0. The van der Waals surface area contributed by atoms with Crippen LogP contribution in [0.2, 0.25) is 0 Å². The lowest BCUT2D eigenvalue weighted by atomic mass is 9.73. The zero-order valence-corrected chi connectivity index (χ0v) is 21.0. The first kappa shape index (κ1) is 22.6. The highest BCUT2D eigenvalue weighted by molar-refractivity contribution is 5.78. The molecule has 2 aliphatic carbocycles. The Balaban J connectivity index is 1.28. The van der Waals surface area contributed by atoms with Crippen LogP contribution in [0, 0.1) is 11.3 Å². The first-order valence-corrected chi connectivity index (χ1v) is 13.0. The van der Waals surface area contributed by atoms with E-state index >= 15 is 0 Å². The highest BCUT2D eigenvalue weighted by Gasteiger charge is 2.38. The first-order chi connectivity index (χ1) is 17.6. The highest BCUT2D eigenvalue weighted by Crippen LogP contribution is 2.51. The van der Waals surface area contributed by atoms with Gasteiger partial charge >= 0.3 is 0 Å². The molecule has 0 radical (unpaired) electrons. The second kappa shape index (κ2) is 8.95. The Kier molecular flexibility index (Phi) is 5.61. The Labute approximate surface area is 214 Å². The quantitative estimate of drug-likeness (QED) is 0.392. The maximum atomic E-state index is 9.20. The molecule has 1 aromatic heterocycles. The lowest BCUT2D eigenvalue weighted by Gasteiger charge is -2.46. The van der Waals surface area contributed by atoms with Gasteiger partial charge in [-0.25, -0.2) is 4.98 Å². The monoisotopic (exact) mass is 469 g/mol. The molecule has 3 aliphatic rings. The summed E-state index contributed by atoms with van der Waals surface area (Å²) in [7, 11) is 0. The number of fused-ring (bicyclic) bond motifs is 2. The van der Waals surface area contributed by atoms with Crippen molar-refractivity contribution in [3.63, 3.8) is 0 Å². The number of anilines is 2. The van der Waals surface area contributed by atoms with Crippen LogP contribution in [-0.4, -0.2) is 11.0 Å². The van der Waals surface area contributed by atoms with Crippen LogP contribution in [0.5, 0.6) is 0 Å². The van der Waals surface area contributed by atoms with Gasteiger partial charge in [-0.3, -0.25) is 0 Å². The van der Waals surface area contributed by atoms with Gasteiger partial charge in [-0.05, 0) is 72.2 Å². The van der Waals surface area contributed by atoms with Gasteiger partial charge in [-0.1, -0.05) is 80.6 Å². The molecule has 178 valence electrons. The summed E-state index contributed by atoms with van der Waals surface area (Å²) in [4.78, 5) is 7.14. The average molecular weight is 470 g/mol. The van der Waals surface area contributed by atoms with Gasteiger partial charge in [-0.15, -0.1) is 0 Å². The molecule has 0 spiro atoms. The van der Waals surface area contributed by atoms with Gasteiger partial charge in [0, 0.05) is 34.4 Å². The SMILES string of the molecule is CC1(C)c2ccccc2N(C2CCC=C(C3=CCC(c4cccc(C#N)n4)C=C3)C2)c2ccccc21. The van der Waals surface area contributed by atoms with Crippen LogP contribution >= 0.6 is 0 Å². The van der Waals surface area contributed by atoms with Crippen molar-refractivity contribution in [3.8, 4) is 6.07 Å². The number of rotatable bonds is 3. The third kappa shape index (κ3) is 3.78. The molecular weight excluding hydrogens is 438 g/mol. The van der Waals surface area contributed by atoms with Crippen LogP contribution in [0.15, 0.2) is 102 Å². The van der Waals surface area contributed by atoms with Gasteiger partial charge in [-0.2, -0.15) is 5.26 Å². The molecule has 6 rings (SSSR count). The third-order valence-electron chi connectivity index (χ3n) is 8.12. The Bertz CT molecular complexity index is 1400. The van der Waals surface area contributed by atoms with E-state index in [4.69, 9.17) is 0 Å². The van der Waals surface area contributed by atoms with Crippen molar-refractivity contribution in [1.29, 1.82) is 5.26 Å². The van der Waals surface area contributed by atoms with Crippen LogP contribution in [0.25, 0.3) is 0 Å². The Hall–Kier alpha value is -3.90. The number of pyridine rings is 1. The number of aromatic nitrogens is 1. The summed E-state index contributed by atoms with van der Waals surface area (Å²) in [5.74, 6) is 0.227. The van der Waals surface area contributed by atoms with Gasteiger partial charge < -0.3 is 4.90 Å². The van der Waals surface area contributed by atoms with Gasteiger partial charge in [0.15, 0.2) is 0 Å². The summed E-state index contributed by atoms with van der Waals surface area (Å²) in [6.07, 6.45) is 13.5. The second-order valence-electron chi connectivity index (χ2n) is 10.6. The summed E-state index contributed by atoms with van der Waals surface area (Å²) in [6.45, 7) is 4.70. The molecule has 1 aliphatic heterocycles. The summed E-state index contributed by atoms with van der Waals surface area (Å²) >= 11 is 0. The van der Waals surface area contributed by atoms with E-state index in [2.05, 4.69) is 103 Å².